The molecule has 0 aromatic carbocycles. The van der Waals surface area contributed by atoms with E-state index < -0.39 is 6.09 Å². The van der Waals surface area contributed by atoms with E-state index in [0.717, 1.165) is 25.7 Å². The second-order valence-corrected chi connectivity index (χ2v) is 12.3. The molecule has 1 amide bonds. The molecule has 0 heterocycles. The van der Waals surface area contributed by atoms with E-state index in [9.17, 15) is 4.79 Å². The Balaban J connectivity index is 3.71. The average molecular weight is 586 g/mol. The van der Waals surface area contributed by atoms with Crippen LogP contribution in [0.1, 0.15) is 181 Å². The van der Waals surface area contributed by atoms with Crippen LogP contribution in [0, 0.1) is 5.92 Å². The predicted molar refractivity (Wildman–Crippen MR) is 187 cm³/mol. The van der Waals surface area contributed by atoms with E-state index in [2.05, 4.69) is 67.8 Å². The summed E-state index contributed by atoms with van der Waals surface area (Å²) in [6.07, 6.45) is 50.6. The maximum Gasteiger partial charge on any atom is 0.404 e. The van der Waals surface area contributed by atoms with Crippen LogP contribution in [-0.2, 0) is 0 Å². The minimum absolute atomic E-state index is 0.498. The van der Waals surface area contributed by atoms with Gasteiger partial charge in [-0.2, -0.15) is 0 Å². The van der Waals surface area contributed by atoms with Gasteiger partial charge in [0.25, 0.3) is 0 Å². The third-order valence-corrected chi connectivity index (χ3v) is 8.17. The SMILES string of the molecule is CCCCC/C=C\C/C=C\CCCCCCCCC(CCCCCCCC/C=C\C/C=C\CCCCC)CNC(=O)O. The summed E-state index contributed by atoms with van der Waals surface area (Å²) in [6.45, 7) is 5.13. The molecule has 0 unspecified atom stereocenters. The minimum atomic E-state index is -0.880. The van der Waals surface area contributed by atoms with Crippen molar-refractivity contribution in [2.75, 3.05) is 6.54 Å². The second-order valence-electron chi connectivity index (χ2n) is 12.3. The summed E-state index contributed by atoms with van der Waals surface area (Å²) in [5.41, 5.74) is 0. The highest BCUT2D eigenvalue weighted by molar-refractivity contribution is 5.64. The van der Waals surface area contributed by atoms with Crippen LogP contribution in [0.4, 0.5) is 4.79 Å². The molecule has 0 radical (unpaired) electrons. The summed E-state index contributed by atoms with van der Waals surface area (Å²) < 4.78 is 0. The summed E-state index contributed by atoms with van der Waals surface area (Å²) in [7, 11) is 0. The first-order chi connectivity index (χ1) is 20.7. The van der Waals surface area contributed by atoms with Gasteiger partial charge < -0.3 is 10.4 Å². The van der Waals surface area contributed by atoms with E-state index in [4.69, 9.17) is 5.11 Å². The van der Waals surface area contributed by atoms with Gasteiger partial charge in [-0.25, -0.2) is 4.79 Å². The van der Waals surface area contributed by atoms with Crippen molar-refractivity contribution in [3.05, 3.63) is 48.6 Å². The van der Waals surface area contributed by atoms with E-state index in [0.29, 0.717) is 12.5 Å². The lowest BCUT2D eigenvalue weighted by molar-refractivity contribution is 0.191. The normalized spacial score (nSPS) is 12.3. The van der Waals surface area contributed by atoms with Crippen molar-refractivity contribution in [2.45, 2.75) is 181 Å². The Morgan fingerprint density at radius 1 is 0.500 bits per heavy atom. The van der Waals surface area contributed by atoms with Crippen LogP contribution < -0.4 is 5.32 Å². The van der Waals surface area contributed by atoms with Crippen molar-refractivity contribution in [3.63, 3.8) is 0 Å². The molecule has 0 aliphatic carbocycles. The fourth-order valence-corrected chi connectivity index (χ4v) is 5.42. The van der Waals surface area contributed by atoms with Crippen molar-refractivity contribution in [1.82, 2.24) is 5.32 Å². The Morgan fingerprint density at radius 2 is 0.833 bits per heavy atom. The largest absolute Gasteiger partial charge is 0.465 e. The molecule has 0 spiro atoms. The first-order valence-electron chi connectivity index (χ1n) is 18.3. The number of allylic oxidation sites excluding steroid dienone is 8. The predicted octanol–water partition coefficient (Wildman–Crippen LogP) is 13.3. The summed E-state index contributed by atoms with van der Waals surface area (Å²) in [6, 6.07) is 0. The average Bonchev–Trinajstić information content (AvgIpc) is 2.98. The van der Waals surface area contributed by atoms with E-state index in [1.165, 1.54) is 141 Å². The molecule has 0 atom stereocenters. The van der Waals surface area contributed by atoms with Crippen molar-refractivity contribution >= 4 is 6.09 Å². The molecule has 3 heteroatoms. The van der Waals surface area contributed by atoms with Crippen LogP contribution in [0.2, 0.25) is 0 Å². The van der Waals surface area contributed by atoms with Crippen LogP contribution in [0.3, 0.4) is 0 Å². The van der Waals surface area contributed by atoms with Gasteiger partial charge in [-0.05, 0) is 83.0 Å². The summed E-state index contributed by atoms with van der Waals surface area (Å²) in [4.78, 5) is 11.0. The monoisotopic (exact) mass is 586 g/mol. The molecular formula is C39H71NO2. The van der Waals surface area contributed by atoms with Gasteiger partial charge >= 0.3 is 6.09 Å². The van der Waals surface area contributed by atoms with Gasteiger partial charge in [-0.3, -0.25) is 0 Å². The van der Waals surface area contributed by atoms with Crippen molar-refractivity contribution in [1.29, 1.82) is 0 Å². The third-order valence-electron chi connectivity index (χ3n) is 8.17. The number of unbranched alkanes of at least 4 members (excludes halogenated alkanes) is 18. The standard InChI is InChI=1S/C39H71NO2/c1-3-5-7-9-11-13-15-17-19-21-23-25-27-29-31-33-35-38(37-40-39(41)42)36-34-32-30-28-26-24-22-20-18-16-14-12-10-8-6-4-2/h11-14,17-20,38,40H,3-10,15-16,21-37H2,1-2H3,(H,41,42)/b13-11-,14-12-,19-17-,20-18-. The van der Waals surface area contributed by atoms with E-state index >= 15 is 0 Å². The Hall–Kier alpha value is -1.77. The molecule has 0 aliphatic heterocycles. The summed E-state index contributed by atoms with van der Waals surface area (Å²) in [5.74, 6) is 0.498. The van der Waals surface area contributed by atoms with Gasteiger partial charge in [0.05, 0.1) is 0 Å². The Morgan fingerprint density at radius 3 is 1.19 bits per heavy atom. The number of hydrogen-bond acceptors (Lipinski definition) is 1. The lowest BCUT2D eigenvalue weighted by Crippen LogP contribution is -2.27. The summed E-state index contributed by atoms with van der Waals surface area (Å²) in [5, 5.41) is 11.7. The number of nitrogens with one attached hydrogen (secondary N) is 1. The Bertz CT molecular complexity index is 615. The maximum absolute atomic E-state index is 11.0. The molecule has 0 rings (SSSR count). The van der Waals surface area contributed by atoms with Crippen molar-refractivity contribution < 1.29 is 9.90 Å². The first-order valence-corrected chi connectivity index (χ1v) is 18.3. The first kappa shape index (κ1) is 40.2. The smallest absolute Gasteiger partial charge is 0.404 e. The van der Waals surface area contributed by atoms with Crippen LogP contribution in [0.15, 0.2) is 48.6 Å². The van der Waals surface area contributed by atoms with Gasteiger partial charge in [0.15, 0.2) is 0 Å². The van der Waals surface area contributed by atoms with Gasteiger partial charge in [-0.15, -0.1) is 0 Å². The lowest BCUT2D eigenvalue weighted by Gasteiger charge is -2.16. The van der Waals surface area contributed by atoms with E-state index in [-0.39, 0.29) is 0 Å². The fourth-order valence-electron chi connectivity index (χ4n) is 5.42. The minimum Gasteiger partial charge on any atom is -0.465 e. The highest BCUT2D eigenvalue weighted by Gasteiger charge is 2.10. The topological polar surface area (TPSA) is 49.3 Å². The Kier molecular flexibility index (Phi) is 33.9. The highest BCUT2D eigenvalue weighted by Crippen LogP contribution is 2.19. The number of carbonyl (C=O) groups is 1. The third kappa shape index (κ3) is 34.4. The fraction of sp³-hybridized carbons (Fsp3) is 0.769. The zero-order chi connectivity index (χ0) is 30.6. The zero-order valence-electron chi connectivity index (χ0n) is 28.1. The van der Waals surface area contributed by atoms with Crippen LogP contribution in [0.5, 0.6) is 0 Å². The molecular weight excluding hydrogens is 514 g/mol. The zero-order valence-corrected chi connectivity index (χ0v) is 28.1. The molecule has 0 saturated carbocycles. The number of hydrogen-bond donors (Lipinski definition) is 2. The Labute approximate surface area is 262 Å². The quantitative estimate of drug-likeness (QED) is 0.0609. The molecule has 0 bridgehead atoms. The van der Waals surface area contributed by atoms with E-state index in [1.807, 2.05) is 0 Å². The maximum atomic E-state index is 11.0. The molecule has 0 saturated heterocycles. The molecule has 0 fully saturated rings. The molecule has 0 aliphatic rings. The van der Waals surface area contributed by atoms with Gasteiger partial charge in [0.2, 0.25) is 0 Å². The molecule has 42 heavy (non-hydrogen) atoms. The number of rotatable bonds is 32. The molecule has 0 aromatic rings. The van der Waals surface area contributed by atoms with E-state index in [1.54, 1.807) is 0 Å². The number of amides is 1. The molecule has 244 valence electrons. The van der Waals surface area contributed by atoms with Crippen molar-refractivity contribution in [3.8, 4) is 0 Å². The molecule has 3 nitrogen and oxygen atoms in total. The number of carboxylic acid groups (broad SMARTS) is 1. The molecule has 0 aromatic heterocycles. The van der Waals surface area contributed by atoms with Crippen molar-refractivity contribution in [2.24, 2.45) is 5.92 Å². The highest BCUT2D eigenvalue weighted by atomic mass is 16.4. The van der Waals surface area contributed by atoms with Crippen LogP contribution in [0.25, 0.3) is 0 Å². The van der Waals surface area contributed by atoms with Crippen LogP contribution in [-0.4, -0.2) is 17.7 Å². The van der Waals surface area contributed by atoms with Gasteiger partial charge in [0, 0.05) is 6.54 Å². The van der Waals surface area contributed by atoms with Crippen LogP contribution >= 0.6 is 0 Å². The molecule has 2 N–H and O–H groups in total. The van der Waals surface area contributed by atoms with Gasteiger partial charge in [0.1, 0.15) is 0 Å². The second kappa shape index (κ2) is 35.4. The lowest BCUT2D eigenvalue weighted by atomic mass is 9.94. The van der Waals surface area contributed by atoms with Gasteiger partial charge in [-0.1, -0.05) is 152 Å². The summed E-state index contributed by atoms with van der Waals surface area (Å²) >= 11 is 0.